The third-order valence-electron chi connectivity index (χ3n) is 1.88. The molecule has 0 N–H and O–H groups in total. The molecule has 0 fully saturated rings. The number of nitrogens with zero attached hydrogens (tertiary/aromatic N) is 1. The topological polar surface area (TPSA) is 65.5 Å². The monoisotopic (exact) mass is 223 g/mol. The van der Waals surface area contributed by atoms with E-state index in [4.69, 9.17) is 4.74 Å². The summed E-state index contributed by atoms with van der Waals surface area (Å²) in [6.45, 7) is 2.21. The maximum atomic E-state index is 11.6. The third-order valence-corrected chi connectivity index (χ3v) is 1.88. The first-order valence-electron chi connectivity index (χ1n) is 4.90. The summed E-state index contributed by atoms with van der Waals surface area (Å²) in [6, 6.07) is 1.43. The van der Waals surface area contributed by atoms with E-state index in [1.807, 2.05) is 6.92 Å². The molecule has 0 amide bonds. The number of pyridine rings is 1. The SMILES string of the molecule is CCCOC(=O)c1ccncc1C(=O)OC. The number of carbonyl (C=O) groups is 2. The first-order valence-corrected chi connectivity index (χ1v) is 4.90. The summed E-state index contributed by atoms with van der Waals surface area (Å²) < 4.78 is 9.48. The van der Waals surface area contributed by atoms with Crippen LogP contribution >= 0.6 is 0 Å². The number of carbonyl (C=O) groups excluding carboxylic acids is 2. The standard InChI is InChI=1S/C11H13NO4/c1-3-6-16-11(14)8-4-5-12-7-9(8)10(13)15-2/h4-5,7H,3,6H2,1-2H3. The maximum absolute atomic E-state index is 11.6. The first-order chi connectivity index (χ1) is 7.70. The van der Waals surface area contributed by atoms with Crippen molar-refractivity contribution < 1.29 is 19.1 Å². The molecule has 1 rings (SSSR count). The predicted molar refractivity (Wildman–Crippen MR) is 56.2 cm³/mol. The summed E-state index contributed by atoms with van der Waals surface area (Å²) in [5, 5.41) is 0. The summed E-state index contributed by atoms with van der Waals surface area (Å²) >= 11 is 0. The molecule has 0 aromatic carbocycles. The van der Waals surface area contributed by atoms with Crippen molar-refractivity contribution in [1.82, 2.24) is 4.98 Å². The van der Waals surface area contributed by atoms with Crippen LogP contribution in [0, 0.1) is 0 Å². The van der Waals surface area contributed by atoms with E-state index >= 15 is 0 Å². The summed E-state index contributed by atoms with van der Waals surface area (Å²) in [4.78, 5) is 26.7. The zero-order valence-corrected chi connectivity index (χ0v) is 9.23. The van der Waals surface area contributed by atoms with Gasteiger partial charge >= 0.3 is 11.9 Å². The minimum atomic E-state index is -0.600. The van der Waals surface area contributed by atoms with Crippen molar-refractivity contribution >= 4 is 11.9 Å². The van der Waals surface area contributed by atoms with Gasteiger partial charge in [-0.05, 0) is 12.5 Å². The molecule has 5 heteroatoms. The molecule has 0 saturated heterocycles. The predicted octanol–water partition coefficient (Wildman–Crippen LogP) is 1.44. The molecule has 0 aliphatic carbocycles. The number of esters is 2. The van der Waals surface area contributed by atoms with Crippen LogP contribution in [-0.2, 0) is 9.47 Å². The second-order valence-electron chi connectivity index (χ2n) is 3.05. The molecule has 1 aromatic heterocycles. The molecule has 0 aliphatic heterocycles. The molecule has 0 bridgehead atoms. The van der Waals surface area contributed by atoms with Crippen molar-refractivity contribution in [2.75, 3.05) is 13.7 Å². The molecule has 16 heavy (non-hydrogen) atoms. The lowest BCUT2D eigenvalue weighted by Crippen LogP contribution is -2.13. The molecule has 86 valence electrons. The van der Waals surface area contributed by atoms with Gasteiger partial charge in [-0.1, -0.05) is 6.92 Å². The van der Waals surface area contributed by atoms with Gasteiger partial charge in [-0.2, -0.15) is 0 Å². The van der Waals surface area contributed by atoms with Crippen LogP contribution in [0.3, 0.4) is 0 Å². The summed E-state index contributed by atoms with van der Waals surface area (Å²) in [5.74, 6) is -1.14. The van der Waals surface area contributed by atoms with E-state index in [1.54, 1.807) is 0 Å². The highest BCUT2D eigenvalue weighted by molar-refractivity contribution is 6.02. The Morgan fingerprint density at radius 2 is 2.06 bits per heavy atom. The molecule has 0 spiro atoms. The fourth-order valence-electron chi connectivity index (χ4n) is 1.12. The smallest absolute Gasteiger partial charge is 0.340 e. The van der Waals surface area contributed by atoms with Crippen molar-refractivity contribution in [2.24, 2.45) is 0 Å². The summed E-state index contributed by atoms with van der Waals surface area (Å²) in [6.07, 6.45) is 3.44. The molecule has 5 nitrogen and oxygen atoms in total. The van der Waals surface area contributed by atoms with Gasteiger partial charge in [-0.15, -0.1) is 0 Å². The molecular formula is C11H13NO4. The van der Waals surface area contributed by atoms with Crippen LogP contribution in [0.4, 0.5) is 0 Å². The Kier molecular flexibility index (Phi) is 4.44. The van der Waals surface area contributed by atoms with Gasteiger partial charge < -0.3 is 9.47 Å². The second-order valence-corrected chi connectivity index (χ2v) is 3.05. The van der Waals surface area contributed by atoms with Gasteiger partial charge in [0.05, 0.1) is 24.8 Å². The Balaban J connectivity index is 2.94. The number of hydrogen-bond acceptors (Lipinski definition) is 5. The Bertz CT molecular complexity index is 389. The second kappa shape index (κ2) is 5.85. The fraction of sp³-hybridized carbons (Fsp3) is 0.364. The molecule has 0 atom stereocenters. The zero-order valence-electron chi connectivity index (χ0n) is 9.23. The highest BCUT2D eigenvalue weighted by Gasteiger charge is 2.18. The fourth-order valence-corrected chi connectivity index (χ4v) is 1.12. The molecule has 0 radical (unpaired) electrons. The third kappa shape index (κ3) is 2.79. The van der Waals surface area contributed by atoms with Crippen LogP contribution < -0.4 is 0 Å². The van der Waals surface area contributed by atoms with Crippen LogP contribution in [0.1, 0.15) is 34.1 Å². The van der Waals surface area contributed by atoms with Gasteiger partial charge in [0.25, 0.3) is 0 Å². The summed E-state index contributed by atoms with van der Waals surface area (Å²) in [5.41, 5.74) is 0.293. The molecule has 1 aromatic rings. The van der Waals surface area contributed by atoms with E-state index in [9.17, 15) is 9.59 Å². The van der Waals surface area contributed by atoms with Gasteiger partial charge in [0, 0.05) is 12.4 Å². The van der Waals surface area contributed by atoms with E-state index in [2.05, 4.69) is 9.72 Å². The van der Waals surface area contributed by atoms with E-state index < -0.39 is 11.9 Å². The largest absolute Gasteiger partial charge is 0.465 e. The number of methoxy groups -OCH3 is 1. The van der Waals surface area contributed by atoms with Crippen molar-refractivity contribution in [3.8, 4) is 0 Å². The Morgan fingerprint density at radius 1 is 1.31 bits per heavy atom. The molecular weight excluding hydrogens is 210 g/mol. The lowest BCUT2D eigenvalue weighted by atomic mass is 10.1. The highest BCUT2D eigenvalue weighted by Crippen LogP contribution is 2.10. The van der Waals surface area contributed by atoms with Crippen molar-refractivity contribution in [2.45, 2.75) is 13.3 Å². The van der Waals surface area contributed by atoms with Gasteiger partial charge in [-0.3, -0.25) is 4.98 Å². The highest BCUT2D eigenvalue weighted by atomic mass is 16.5. The van der Waals surface area contributed by atoms with Gasteiger partial charge in [0.15, 0.2) is 0 Å². The molecule has 0 aliphatic rings. The first kappa shape index (κ1) is 12.2. The van der Waals surface area contributed by atoms with Crippen LogP contribution in [0.5, 0.6) is 0 Å². The molecule has 0 saturated carbocycles. The van der Waals surface area contributed by atoms with Crippen LogP contribution in [-0.4, -0.2) is 30.6 Å². The Hall–Kier alpha value is -1.91. The van der Waals surface area contributed by atoms with E-state index in [0.29, 0.717) is 6.61 Å². The average Bonchev–Trinajstić information content (AvgIpc) is 2.35. The zero-order chi connectivity index (χ0) is 12.0. The van der Waals surface area contributed by atoms with Crippen LogP contribution in [0.2, 0.25) is 0 Å². The minimum Gasteiger partial charge on any atom is -0.465 e. The van der Waals surface area contributed by atoms with E-state index in [1.165, 1.54) is 25.6 Å². The lowest BCUT2D eigenvalue weighted by Gasteiger charge is -2.06. The number of rotatable bonds is 4. The Morgan fingerprint density at radius 3 is 2.69 bits per heavy atom. The van der Waals surface area contributed by atoms with Crippen molar-refractivity contribution in [1.29, 1.82) is 0 Å². The number of ether oxygens (including phenoxy) is 2. The maximum Gasteiger partial charge on any atom is 0.340 e. The van der Waals surface area contributed by atoms with Crippen molar-refractivity contribution in [3.63, 3.8) is 0 Å². The normalized spacial score (nSPS) is 9.62. The summed E-state index contributed by atoms with van der Waals surface area (Å²) in [7, 11) is 1.25. The van der Waals surface area contributed by atoms with Crippen LogP contribution in [0.15, 0.2) is 18.5 Å². The van der Waals surface area contributed by atoms with Gasteiger partial charge in [0.1, 0.15) is 0 Å². The van der Waals surface area contributed by atoms with Gasteiger partial charge in [0.2, 0.25) is 0 Å². The van der Waals surface area contributed by atoms with E-state index in [0.717, 1.165) is 6.42 Å². The van der Waals surface area contributed by atoms with Gasteiger partial charge in [-0.25, -0.2) is 9.59 Å². The van der Waals surface area contributed by atoms with E-state index in [-0.39, 0.29) is 11.1 Å². The number of aromatic nitrogens is 1. The van der Waals surface area contributed by atoms with Crippen molar-refractivity contribution in [3.05, 3.63) is 29.6 Å². The van der Waals surface area contributed by atoms with Crippen LogP contribution in [0.25, 0.3) is 0 Å². The molecule has 1 heterocycles. The molecule has 0 unspecified atom stereocenters. The quantitative estimate of drug-likeness (QED) is 0.722. The minimum absolute atomic E-state index is 0.117. The Labute approximate surface area is 93.4 Å². The average molecular weight is 223 g/mol. The lowest BCUT2D eigenvalue weighted by molar-refractivity contribution is 0.0486. The number of hydrogen-bond donors (Lipinski definition) is 0.